The number of carboxylic acid groups (broad SMARTS) is 1. The zero-order valence-corrected chi connectivity index (χ0v) is 13.7. The van der Waals surface area contributed by atoms with Gasteiger partial charge in [-0.25, -0.2) is 0 Å². The van der Waals surface area contributed by atoms with E-state index in [0.717, 1.165) is 22.3 Å². The minimum absolute atomic E-state index is 0.00654. The molecule has 0 aromatic heterocycles. The van der Waals surface area contributed by atoms with Crippen molar-refractivity contribution in [3.8, 4) is 22.3 Å². The first-order chi connectivity index (χ1) is 12.1. The van der Waals surface area contributed by atoms with Gasteiger partial charge in [0.2, 0.25) is 0 Å². The molecule has 0 aliphatic heterocycles. The highest BCUT2D eigenvalue weighted by Crippen LogP contribution is 2.30. The molecule has 1 N–H and O–H groups in total. The molecule has 0 saturated heterocycles. The summed E-state index contributed by atoms with van der Waals surface area (Å²) in [6, 6.07) is 25.3. The third kappa shape index (κ3) is 4.01. The Morgan fingerprint density at radius 3 is 1.88 bits per heavy atom. The fourth-order valence-electron chi connectivity index (χ4n) is 2.81. The van der Waals surface area contributed by atoms with Gasteiger partial charge in [0.05, 0.1) is 6.42 Å². The highest BCUT2D eigenvalue weighted by atomic mass is 16.4. The van der Waals surface area contributed by atoms with E-state index in [9.17, 15) is 9.59 Å². The summed E-state index contributed by atoms with van der Waals surface area (Å²) in [7, 11) is 0. The maximum absolute atomic E-state index is 12.7. The molecule has 3 aromatic rings. The van der Waals surface area contributed by atoms with Crippen LogP contribution in [0.2, 0.25) is 0 Å². The molecule has 0 fully saturated rings. The zero-order valence-electron chi connectivity index (χ0n) is 13.7. The average Bonchev–Trinajstić information content (AvgIpc) is 2.67. The zero-order chi connectivity index (χ0) is 17.6. The lowest BCUT2D eigenvalue weighted by Crippen LogP contribution is -2.05. The Labute approximate surface area is 146 Å². The van der Waals surface area contributed by atoms with Gasteiger partial charge in [-0.1, -0.05) is 72.8 Å². The second-order valence-corrected chi connectivity index (χ2v) is 5.81. The highest BCUT2D eigenvalue weighted by molar-refractivity contribution is 6.04. The second kappa shape index (κ2) is 7.58. The van der Waals surface area contributed by atoms with Crippen molar-refractivity contribution in [3.63, 3.8) is 0 Å². The number of benzene rings is 3. The summed E-state index contributed by atoms with van der Waals surface area (Å²) in [5.41, 5.74) is 4.30. The molecule has 0 saturated carbocycles. The third-order valence-electron chi connectivity index (χ3n) is 4.08. The van der Waals surface area contributed by atoms with E-state index < -0.39 is 5.97 Å². The Hall–Kier alpha value is -3.20. The van der Waals surface area contributed by atoms with Crippen molar-refractivity contribution >= 4 is 11.8 Å². The molecule has 3 nitrogen and oxygen atoms in total. The molecule has 0 heterocycles. The average molecular weight is 330 g/mol. The van der Waals surface area contributed by atoms with Crippen molar-refractivity contribution in [2.45, 2.75) is 12.8 Å². The van der Waals surface area contributed by atoms with E-state index in [4.69, 9.17) is 5.11 Å². The SMILES string of the molecule is O=C(O)CCC(=O)c1cc(-c2ccccc2)ccc1-c1ccccc1. The Kier molecular flexibility index (Phi) is 5.05. The smallest absolute Gasteiger partial charge is 0.303 e. The molecule has 3 heteroatoms. The number of aliphatic carboxylic acids is 1. The topological polar surface area (TPSA) is 54.4 Å². The Morgan fingerprint density at radius 1 is 0.680 bits per heavy atom. The summed E-state index contributed by atoms with van der Waals surface area (Å²) in [4.78, 5) is 23.5. The number of carboxylic acids is 1. The predicted molar refractivity (Wildman–Crippen MR) is 98.5 cm³/mol. The summed E-state index contributed by atoms with van der Waals surface area (Å²) < 4.78 is 0. The van der Waals surface area contributed by atoms with Crippen LogP contribution in [0.1, 0.15) is 23.2 Å². The molecular formula is C22H18O3. The van der Waals surface area contributed by atoms with Crippen molar-refractivity contribution in [2.75, 3.05) is 0 Å². The molecule has 3 aromatic carbocycles. The van der Waals surface area contributed by atoms with E-state index in [2.05, 4.69) is 0 Å². The van der Waals surface area contributed by atoms with Crippen LogP contribution in [0.15, 0.2) is 78.9 Å². The third-order valence-corrected chi connectivity index (χ3v) is 4.08. The molecule has 0 aliphatic rings. The highest BCUT2D eigenvalue weighted by Gasteiger charge is 2.15. The minimum Gasteiger partial charge on any atom is -0.481 e. The molecule has 25 heavy (non-hydrogen) atoms. The molecule has 0 aliphatic carbocycles. The van der Waals surface area contributed by atoms with E-state index in [0.29, 0.717) is 5.56 Å². The molecule has 3 rings (SSSR count). The second-order valence-electron chi connectivity index (χ2n) is 5.81. The quantitative estimate of drug-likeness (QED) is 0.642. The van der Waals surface area contributed by atoms with Gasteiger partial charge in [-0.05, 0) is 28.3 Å². The van der Waals surface area contributed by atoms with Crippen LogP contribution in [-0.2, 0) is 4.79 Å². The first-order valence-corrected chi connectivity index (χ1v) is 8.15. The van der Waals surface area contributed by atoms with Crippen molar-refractivity contribution in [3.05, 3.63) is 84.4 Å². The molecule has 0 atom stereocenters. The largest absolute Gasteiger partial charge is 0.481 e. The number of Topliss-reactive ketones (excluding diaryl/α,β-unsaturated/α-hetero) is 1. The van der Waals surface area contributed by atoms with E-state index in [-0.39, 0.29) is 18.6 Å². The predicted octanol–water partition coefficient (Wildman–Crippen LogP) is 5.07. The van der Waals surface area contributed by atoms with Gasteiger partial charge in [-0.2, -0.15) is 0 Å². The Balaban J connectivity index is 2.06. The molecule has 0 radical (unpaired) electrons. The lowest BCUT2D eigenvalue weighted by Gasteiger charge is -2.12. The maximum atomic E-state index is 12.7. The van der Waals surface area contributed by atoms with Crippen LogP contribution in [0.25, 0.3) is 22.3 Å². The molecule has 0 unspecified atom stereocenters. The minimum atomic E-state index is -0.964. The molecule has 0 spiro atoms. The van der Waals surface area contributed by atoms with Crippen LogP contribution in [0, 0.1) is 0 Å². The van der Waals surface area contributed by atoms with Crippen LogP contribution >= 0.6 is 0 Å². The number of rotatable bonds is 6. The van der Waals surface area contributed by atoms with Crippen molar-refractivity contribution in [1.29, 1.82) is 0 Å². The van der Waals surface area contributed by atoms with Gasteiger partial charge in [0.15, 0.2) is 5.78 Å². The monoisotopic (exact) mass is 330 g/mol. The first kappa shape index (κ1) is 16.7. The molecule has 0 amide bonds. The van der Waals surface area contributed by atoms with Crippen molar-refractivity contribution in [2.24, 2.45) is 0 Å². The van der Waals surface area contributed by atoms with Gasteiger partial charge in [-0.3, -0.25) is 9.59 Å². The number of hydrogen-bond acceptors (Lipinski definition) is 2. The summed E-state index contributed by atoms with van der Waals surface area (Å²) in [5.74, 6) is -1.12. The van der Waals surface area contributed by atoms with Gasteiger partial charge in [0.1, 0.15) is 0 Å². The summed E-state index contributed by atoms with van der Waals surface area (Å²) in [5, 5.41) is 8.88. The van der Waals surface area contributed by atoms with Crippen LogP contribution in [0.3, 0.4) is 0 Å². The van der Waals surface area contributed by atoms with E-state index in [1.54, 1.807) is 0 Å². The standard InChI is InChI=1S/C22H18O3/c23-21(13-14-22(24)25)20-15-18(16-7-3-1-4-8-16)11-12-19(20)17-9-5-2-6-10-17/h1-12,15H,13-14H2,(H,24,25). The number of carbonyl (C=O) groups is 2. The van der Waals surface area contributed by atoms with Crippen LogP contribution in [0.4, 0.5) is 0 Å². The van der Waals surface area contributed by atoms with Crippen LogP contribution in [-0.4, -0.2) is 16.9 Å². The van der Waals surface area contributed by atoms with Gasteiger partial charge < -0.3 is 5.11 Å². The fourth-order valence-corrected chi connectivity index (χ4v) is 2.81. The van der Waals surface area contributed by atoms with E-state index >= 15 is 0 Å². The van der Waals surface area contributed by atoms with Gasteiger partial charge in [-0.15, -0.1) is 0 Å². The van der Waals surface area contributed by atoms with E-state index in [1.807, 2.05) is 78.9 Å². The van der Waals surface area contributed by atoms with Crippen LogP contribution in [0.5, 0.6) is 0 Å². The Bertz CT molecular complexity index is 884. The first-order valence-electron chi connectivity index (χ1n) is 8.15. The van der Waals surface area contributed by atoms with Gasteiger partial charge >= 0.3 is 5.97 Å². The molecular weight excluding hydrogens is 312 g/mol. The van der Waals surface area contributed by atoms with Crippen molar-refractivity contribution in [1.82, 2.24) is 0 Å². The number of ketones is 1. The summed E-state index contributed by atoms with van der Waals surface area (Å²) >= 11 is 0. The maximum Gasteiger partial charge on any atom is 0.303 e. The summed E-state index contributed by atoms with van der Waals surface area (Å²) in [6.07, 6.45) is -0.171. The lowest BCUT2D eigenvalue weighted by molar-refractivity contribution is -0.136. The van der Waals surface area contributed by atoms with E-state index in [1.165, 1.54) is 0 Å². The Morgan fingerprint density at radius 2 is 1.28 bits per heavy atom. The lowest BCUT2D eigenvalue weighted by atomic mass is 9.91. The number of hydrogen-bond donors (Lipinski definition) is 1. The van der Waals surface area contributed by atoms with Gasteiger partial charge in [0, 0.05) is 12.0 Å². The number of carbonyl (C=O) groups excluding carboxylic acids is 1. The van der Waals surface area contributed by atoms with Crippen LogP contribution < -0.4 is 0 Å². The van der Waals surface area contributed by atoms with Crippen molar-refractivity contribution < 1.29 is 14.7 Å². The molecule has 124 valence electrons. The van der Waals surface area contributed by atoms with Gasteiger partial charge in [0.25, 0.3) is 0 Å². The fraction of sp³-hybridized carbons (Fsp3) is 0.0909. The normalized spacial score (nSPS) is 10.4. The molecule has 0 bridgehead atoms. The summed E-state index contributed by atoms with van der Waals surface area (Å²) in [6.45, 7) is 0.